The van der Waals surface area contributed by atoms with E-state index < -0.39 is 0 Å². The van der Waals surface area contributed by atoms with E-state index in [-0.39, 0.29) is 18.6 Å². The van der Waals surface area contributed by atoms with Crippen LogP contribution in [0.2, 0.25) is 0 Å². The summed E-state index contributed by atoms with van der Waals surface area (Å²) in [6.07, 6.45) is 2.23. The number of nitrogens with one attached hydrogen (secondary N) is 2. The van der Waals surface area contributed by atoms with E-state index in [0.29, 0.717) is 18.8 Å². The van der Waals surface area contributed by atoms with E-state index in [1.807, 2.05) is 60.2 Å². The summed E-state index contributed by atoms with van der Waals surface area (Å²) >= 11 is 0. The summed E-state index contributed by atoms with van der Waals surface area (Å²) < 4.78 is 1.91. The van der Waals surface area contributed by atoms with Gasteiger partial charge < -0.3 is 20.0 Å². The Morgan fingerprint density at radius 3 is 2.96 bits per heavy atom. The average Bonchev–Trinajstić information content (AvgIpc) is 3.29. The number of carbonyl (C=O) groups excluding carboxylic acids is 1. The highest BCUT2D eigenvalue weighted by atomic mass is 16.3. The standard InChI is InChI=1S/C21H22N4O2/c1-14(15-6-7-17-16(12-15)8-10-22-17)23-21(27)9-11-25-19-5-3-2-4-18(19)24-20(25)13-26/h2-8,10,12,14,22,26H,9,11,13H2,1H3,(H,23,27). The fourth-order valence-corrected chi connectivity index (χ4v) is 3.45. The number of aromatic nitrogens is 3. The van der Waals surface area contributed by atoms with Crippen LogP contribution in [-0.2, 0) is 17.9 Å². The molecule has 2 heterocycles. The molecule has 0 saturated heterocycles. The summed E-state index contributed by atoms with van der Waals surface area (Å²) in [7, 11) is 0. The summed E-state index contributed by atoms with van der Waals surface area (Å²) in [6, 6.07) is 15.8. The van der Waals surface area contributed by atoms with Crippen molar-refractivity contribution in [1.82, 2.24) is 19.9 Å². The smallest absolute Gasteiger partial charge is 0.222 e. The maximum absolute atomic E-state index is 12.5. The van der Waals surface area contributed by atoms with Gasteiger partial charge in [-0.1, -0.05) is 18.2 Å². The van der Waals surface area contributed by atoms with Crippen molar-refractivity contribution in [1.29, 1.82) is 0 Å². The molecule has 1 unspecified atom stereocenters. The molecule has 0 aliphatic rings. The van der Waals surface area contributed by atoms with Crippen LogP contribution in [0.1, 0.15) is 30.8 Å². The highest BCUT2D eigenvalue weighted by Gasteiger charge is 2.13. The van der Waals surface area contributed by atoms with E-state index in [2.05, 4.69) is 21.4 Å². The molecule has 1 atom stereocenters. The van der Waals surface area contributed by atoms with Crippen molar-refractivity contribution in [3.63, 3.8) is 0 Å². The third-order valence-corrected chi connectivity index (χ3v) is 4.89. The highest BCUT2D eigenvalue weighted by Crippen LogP contribution is 2.20. The van der Waals surface area contributed by atoms with Crippen LogP contribution in [0, 0.1) is 0 Å². The van der Waals surface area contributed by atoms with Gasteiger partial charge in [0.05, 0.1) is 17.1 Å². The molecule has 6 heteroatoms. The number of fused-ring (bicyclic) bond motifs is 2. The van der Waals surface area contributed by atoms with E-state index in [9.17, 15) is 9.90 Å². The third kappa shape index (κ3) is 3.44. The minimum absolute atomic E-state index is 0.0293. The lowest BCUT2D eigenvalue weighted by Crippen LogP contribution is -2.27. The van der Waals surface area contributed by atoms with Crippen LogP contribution >= 0.6 is 0 Å². The molecule has 2 aromatic heterocycles. The van der Waals surface area contributed by atoms with Crippen LogP contribution < -0.4 is 5.32 Å². The molecule has 3 N–H and O–H groups in total. The largest absolute Gasteiger partial charge is 0.388 e. The number of imidazole rings is 1. The SMILES string of the molecule is CC(NC(=O)CCn1c(CO)nc2ccccc21)c1ccc2[nH]ccc2c1. The van der Waals surface area contributed by atoms with Gasteiger partial charge in [-0.2, -0.15) is 0 Å². The van der Waals surface area contributed by atoms with Gasteiger partial charge in [0.25, 0.3) is 0 Å². The number of carbonyl (C=O) groups is 1. The number of aliphatic hydroxyl groups is 1. The molecule has 2 aromatic carbocycles. The van der Waals surface area contributed by atoms with E-state index in [1.54, 1.807) is 0 Å². The second-order valence-corrected chi connectivity index (χ2v) is 6.69. The second kappa shape index (κ2) is 7.25. The Bertz CT molecular complexity index is 1100. The Hall–Kier alpha value is -3.12. The average molecular weight is 362 g/mol. The molecule has 0 spiro atoms. The molecular weight excluding hydrogens is 340 g/mol. The first-order valence-electron chi connectivity index (χ1n) is 9.07. The first-order chi connectivity index (χ1) is 13.2. The monoisotopic (exact) mass is 362 g/mol. The van der Waals surface area contributed by atoms with Crippen molar-refractivity contribution >= 4 is 27.8 Å². The molecule has 1 amide bonds. The molecule has 0 bridgehead atoms. The van der Waals surface area contributed by atoms with Crippen LogP contribution in [0.5, 0.6) is 0 Å². The number of hydrogen-bond donors (Lipinski definition) is 3. The highest BCUT2D eigenvalue weighted by molar-refractivity contribution is 5.81. The summed E-state index contributed by atoms with van der Waals surface area (Å²) in [5.41, 5.74) is 3.91. The molecule has 4 rings (SSSR count). The Kier molecular flexibility index (Phi) is 4.64. The van der Waals surface area contributed by atoms with E-state index in [0.717, 1.165) is 27.5 Å². The Morgan fingerprint density at radius 1 is 1.26 bits per heavy atom. The Morgan fingerprint density at radius 2 is 2.11 bits per heavy atom. The van der Waals surface area contributed by atoms with Crippen molar-refractivity contribution in [3.05, 3.63) is 66.1 Å². The first-order valence-corrected chi connectivity index (χ1v) is 9.07. The molecule has 4 aromatic rings. The van der Waals surface area contributed by atoms with Crippen molar-refractivity contribution in [2.45, 2.75) is 32.5 Å². The number of aromatic amines is 1. The zero-order valence-electron chi connectivity index (χ0n) is 15.1. The van der Waals surface area contributed by atoms with Crippen LogP contribution in [0.3, 0.4) is 0 Å². The summed E-state index contributed by atoms with van der Waals surface area (Å²) in [5, 5.41) is 13.7. The van der Waals surface area contributed by atoms with Gasteiger partial charge in [0.15, 0.2) is 0 Å². The third-order valence-electron chi connectivity index (χ3n) is 4.89. The molecule has 0 radical (unpaired) electrons. The van der Waals surface area contributed by atoms with Gasteiger partial charge in [0.2, 0.25) is 5.91 Å². The Labute approximate surface area is 156 Å². The van der Waals surface area contributed by atoms with Crippen molar-refractivity contribution < 1.29 is 9.90 Å². The minimum Gasteiger partial charge on any atom is -0.388 e. The number of aliphatic hydroxyl groups excluding tert-OH is 1. The zero-order chi connectivity index (χ0) is 18.8. The van der Waals surface area contributed by atoms with E-state index >= 15 is 0 Å². The van der Waals surface area contributed by atoms with E-state index in [4.69, 9.17) is 0 Å². The predicted molar refractivity (Wildman–Crippen MR) is 105 cm³/mol. The number of amides is 1. The maximum atomic E-state index is 12.5. The van der Waals surface area contributed by atoms with Crippen LogP contribution in [0.25, 0.3) is 21.9 Å². The molecule has 0 aliphatic heterocycles. The molecule has 0 aliphatic carbocycles. The lowest BCUT2D eigenvalue weighted by Gasteiger charge is -2.15. The lowest BCUT2D eigenvalue weighted by atomic mass is 10.1. The van der Waals surface area contributed by atoms with Crippen LogP contribution in [0.4, 0.5) is 0 Å². The fraction of sp³-hybridized carbons (Fsp3) is 0.238. The number of hydrogen-bond acceptors (Lipinski definition) is 3. The number of H-pyrrole nitrogens is 1. The first kappa shape index (κ1) is 17.3. The van der Waals surface area contributed by atoms with Crippen molar-refractivity contribution in [2.75, 3.05) is 0 Å². The number of rotatable bonds is 6. The number of nitrogens with zero attached hydrogens (tertiary/aromatic N) is 2. The zero-order valence-corrected chi connectivity index (χ0v) is 15.1. The van der Waals surface area contributed by atoms with Gasteiger partial charge in [-0.15, -0.1) is 0 Å². The summed E-state index contributed by atoms with van der Waals surface area (Å²) in [5.74, 6) is 0.549. The van der Waals surface area contributed by atoms with Gasteiger partial charge in [-0.25, -0.2) is 4.98 Å². The second-order valence-electron chi connectivity index (χ2n) is 6.69. The molecule has 0 fully saturated rings. The van der Waals surface area contributed by atoms with Gasteiger partial charge >= 0.3 is 0 Å². The minimum atomic E-state index is -0.149. The quantitative estimate of drug-likeness (QED) is 0.492. The molecule has 27 heavy (non-hydrogen) atoms. The normalized spacial score (nSPS) is 12.5. The van der Waals surface area contributed by atoms with Crippen molar-refractivity contribution in [2.24, 2.45) is 0 Å². The van der Waals surface area contributed by atoms with Crippen LogP contribution in [0.15, 0.2) is 54.7 Å². The molecular formula is C21H22N4O2. The Balaban J connectivity index is 1.43. The van der Waals surface area contributed by atoms with Crippen molar-refractivity contribution in [3.8, 4) is 0 Å². The maximum Gasteiger partial charge on any atom is 0.222 e. The topological polar surface area (TPSA) is 82.9 Å². The summed E-state index contributed by atoms with van der Waals surface area (Å²) in [6.45, 7) is 2.31. The summed E-state index contributed by atoms with van der Waals surface area (Å²) in [4.78, 5) is 20.0. The molecule has 0 saturated carbocycles. The lowest BCUT2D eigenvalue weighted by molar-refractivity contribution is -0.121. The van der Waals surface area contributed by atoms with Gasteiger partial charge in [0.1, 0.15) is 12.4 Å². The van der Waals surface area contributed by atoms with E-state index in [1.165, 1.54) is 0 Å². The number of para-hydroxylation sites is 2. The van der Waals surface area contributed by atoms with Crippen LogP contribution in [-0.4, -0.2) is 25.5 Å². The molecule has 138 valence electrons. The van der Waals surface area contributed by atoms with Gasteiger partial charge in [-0.05, 0) is 48.2 Å². The predicted octanol–water partition coefficient (Wildman–Crippen LogP) is 3.28. The van der Waals surface area contributed by atoms with Gasteiger partial charge in [-0.3, -0.25) is 4.79 Å². The number of benzene rings is 2. The fourth-order valence-electron chi connectivity index (χ4n) is 3.45. The molecule has 6 nitrogen and oxygen atoms in total. The number of aryl methyl sites for hydroxylation is 1. The van der Waals surface area contributed by atoms with Gasteiger partial charge in [0, 0.05) is 24.7 Å².